The fraction of sp³-hybridized carbons (Fsp3) is 0.417. The van der Waals surface area contributed by atoms with Crippen LogP contribution in [0.25, 0.3) is 0 Å². The number of hydrogen-bond acceptors (Lipinski definition) is 2. The largest absolute Gasteiger partial charge is 0.391 e. The van der Waals surface area contributed by atoms with Gasteiger partial charge in [0.2, 0.25) is 0 Å². The van der Waals surface area contributed by atoms with E-state index in [0.29, 0.717) is 23.2 Å². The van der Waals surface area contributed by atoms with Crippen LogP contribution in [0.4, 0.5) is 10.5 Å². The SMILES string of the molecule is O=C(NCC(O)C1CC1)Nc1ccc(Cl)cc1. The number of carbonyl (C=O) groups is 1. The van der Waals surface area contributed by atoms with Crippen molar-refractivity contribution < 1.29 is 9.90 Å². The van der Waals surface area contributed by atoms with Gasteiger partial charge in [-0.2, -0.15) is 0 Å². The number of halogens is 1. The summed E-state index contributed by atoms with van der Waals surface area (Å²) in [6.07, 6.45) is 1.69. The smallest absolute Gasteiger partial charge is 0.319 e. The zero-order chi connectivity index (χ0) is 12.3. The maximum absolute atomic E-state index is 11.5. The molecule has 17 heavy (non-hydrogen) atoms. The zero-order valence-corrected chi connectivity index (χ0v) is 10.1. The fourth-order valence-electron chi connectivity index (χ4n) is 1.55. The second-order valence-corrected chi connectivity index (χ2v) is 4.68. The molecular weight excluding hydrogens is 240 g/mol. The van der Waals surface area contributed by atoms with E-state index < -0.39 is 6.10 Å². The van der Waals surface area contributed by atoms with Gasteiger partial charge in [0.25, 0.3) is 0 Å². The Bertz CT molecular complexity index is 390. The first kappa shape index (κ1) is 12.2. The highest BCUT2D eigenvalue weighted by atomic mass is 35.5. The number of benzene rings is 1. The molecule has 5 heteroatoms. The van der Waals surface area contributed by atoms with Crippen LogP contribution in [0.15, 0.2) is 24.3 Å². The molecule has 1 aromatic rings. The first-order valence-electron chi connectivity index (χ1n) is 5.63. The van der Waals surface area contributed by atoms with Crippen LogP contribution in [0.5, 0.6) is 0 Å². The zero-order valence-electron chi connectivity index (χ0n) is 9.32. The Hall–Kier alpha value is -1.26. The molecule has 3 N–H and O–H groups in total. The Morgan fingerprint density at radius 3 is 2.65 bits per heavy atom. The summed E-state index contributed by atoms with van der Waals surface area (Å²) in [5.41, 5.74) is 0.674. The first-order valence-corrected chi connectivity index (χ1v) is 6.01. The van der Waals surface area contributed by atoms with Crippen LogP contribution in [-0.2, 0) is 0 Å². The predicted octanol–water partition coefficient (Wildman–Crippen LogP) is 2.23. The molecule has 1 unspecified atom stereocenters. The molecule has 1 aliphatic carbocycles. The summed E-state index contributed by atoms with van der Waals surface area (Å²) < 4.78 is 0. The van der Waals surface area contributed by atoms with Crippen LogP contribution in [0.1, 0.15) is 12.8 Å². The number of amides is 2. The fourth-order valence-corrected chi connectivity index (χ4v) is 1.68. The van der Waals surface area contributed by atoms with Crippen molar-refractivity contribution in [2.24, 2.45) is 5.92 Å². The van der Waals surface area contributed by atoms with Crippen LogP contribution in [0.3, 0.4) is 0 Å². The van der Waals surface area contributed by atoms with Gasteiger partial charge in [-0.25, -0.2) is 4.79 Å². The van der Waals surface area contributed by atoms with Crippen molar-refractivity contribution in [3.05, 3.63) is 29.3 Å². The molecule has 1 atom stereocenters. The van der Waals surface area contributed by atoms with E-state index in [1.54, 1.807) is 24.3 Å². The van der Waals surface area contributed by atoms with Gasteiger partial charge in [0, 0.05) is 17.3 Å². The third-order valence-electron chi connectivity index (χ3n) is 2.74. The molecule has 1 aliphatic rings. The Balaban J connectivity index is 1.74. The molecule has 0 aromatic heterocycles. The summed E-state index contributed by atoms with van der Waals surface area (Å²) in [6.45, 7) is 0.296. The van der Waals surface area contributed by atoms with Gasteiger partial charge in [-0.3, -0.25) is 0 Å². The lowest BCUT2D eigenvalue weighted by atomic mass is 10.2. The van der Waals surface area contributed by atoms with Gasteiger partial charge in [-0.1, -0.05) is 11.6 Å². The molecule has 1 saturated carbocycles. The lowest BCUT2D eigenvalue weighted by Gasteiger charge is -2.11. The maximum Gasteiger partial charge on any atom is 0.319 e. The second kappa shape index (κ2) is 5.38. The van der Waals surface area contributed by atoms with Gasteiger partial charge in [0.05, 0.1) is 6.10 Å². The van der Waals surface area contributed by atoms with Gasteiger partial charge in [0.15, 0.2) is 0 Å². The van der Waals surface area contributed by atoms with E-state index >= 15 is 0 Å². The van der Waals surface area contributed by atoms with Crippen LogP contribution in [0, 0.1) is 5.92 Å². The topological polar surface area (TPSA) is 61.4 Å². The van der Waals surface area contributed by atoms with Crippen molar-refractivity contribution in [1.82, 2.24) is 5.32 Å². The molecule has 0 aliphatic heterocycles. The minimum Gasteiger partial charge on any atom is -0.391 e. The van der Waals surface area contributed by atoms with Gasteiger partial charge in [0.1, 0.15) is 0 Å². The van der Waals surface area contributed by atoms with Crippen molar-refractivity contribution in [2.45, 2.75) is 18.9 Å². The Kier molecular flexibility index (Phi) is 3.86. The number of carbonyl (C=O) groups excluding carboxylic acids is 1. The first-order chi connectivity index (χ1) is 8.15. The molecule has 0 spiro atoms. The molecule has 2 amide bonds. The minimum atomic E-state index is -0.425. The number of nitrogens with one attached hydrogen (secondary N) is 2. The summed E-state index contributed by atoms with van der Waals surface area (Å²) in [4.78, 5) is 11.5. The average Bonchev–Trinajstić information content (AvgIpc) is 3.13. The minimum absolute atomic E-state index is 0.296. The average molecular weight is 255 g/mol. The van der Waals surface area contributed by atoms with Crippen molar-refractivity contribution >= 4 is 23.3 Å². The normalized spacial score (nSPS) is 16.4. The Morgan fingerprint density at radius 2 is 2.06 bits per heavy atom. The van der Waals surface area contributed by atoms with Crippen molar-refractivity contribution in [1.29, 1.82) is 0 Å². The van der Waals surface area contributed by atoms with Crippen molar-refractivity contribution in [3.8, 4) is 0 Å². The highest BCUT2D eigenvalue weighted by Gasteiger charge is 2.29. The van der Waals surface area contributed by atoms with Gasteiger partial charge in [-0.15, -0.1) is 0 Å². The summed E-state index contributed by atoms with van der Waals surface area (Å²) in [5.74, 6) is 0.367. The molecule has 92 valence electrons. The van der Waals surface area contributed by atoms with E-state index in [1.807, 2.05) is 0 Å². The van der Waals surface area contributed by atoms with E-state index in [0.717, 1.165) is 12.8 Å². The number of aliphatic hydroxyl groups excluding tert-OH is 1. The lowest BCUT2D eigenvalue weighted by molar-refractivity contribution is 0.150. The second-order valence-electron chi connectivity index (χ2n) is 4.25. The summed E-state index contributed by atoms with van der Waals surface area (Å²) in [6, 6.07) is 6.54. The van der Waals surface area contributed by atoms with Gasteiger partial charge >= 0.3 is 6.03 Å². The standard InChI is InChI=1S/C12H15ClN2O2/c13-9-3-5-10(6-4-9)15-12(17)14-7-11(16)8-1-2-8/h3-6,8,11,16H,1-2,7H2,(H2,14,15,17). The summed E-state index contributed by atoms with van der Waals surface area (Å²) in [5, 5.41) is 15.5. The predicted molar refractivity (Wildman–Crippen MR) is 67.2 cm³/mol. The van der Waals surface area contributed by atoms with Crippen molar-refractivity contribution in [3.63, 3.8) is 0 Å². The number of rotatable bonds is 4. The van der Waals surface area contributed by atoms with E-state index in [9.17, 15) is 9.90 Å². The molecule has 0 saturated heterocycles. The summed E-state index contributed by atoms with van der Waals surface area (Å²) in [7, 11) is 0. The molecule has 0 bridgehead atoms. The molecule has 0 heterocycles. The molecule has 0 radical (unpaired) electrons. The molecule has 4 nitrogen and oxygen atoms in total. The highest BCUT2D eigenvalue weighted by molar-refractivity contribution is 6.30. The van der Waals surface area contributed by atoms with E-state index in [4.69, 9.17) is 11.6 Å². The van der Waals surface area contributed by atoms with Gasteiger partial charge in [-0.05, 0) is 43.0 Å². The van der Waals surface area contributed by atoms with E-state index in [-0.39, 0.29) is 6.03 Å². The molecule has 1 fully saturated rings. The van der Waals surface area contributed by atoms with Crippen LogP contribution in [0.2, 0.25) is 5.02 Å². The maximum atomic E-state index is 11.5. The monoisotopic (exact) mass is 254 g/mol. The number of urea groups is 1. The van der Waals surface area contributed by atoms with Crippen LogP contribution < -0.4 is 10.6 Å². The lowest BCUT2D eigenvalue weighted by Crippen LogP contribution is -2.36. The molecule has 1 aromatic carbocycles. The highest BCUT2D eigenvalue weighted by Crippen LogP contribution is 2.32. The number of anilines is 1. The third kappa shape index (κ3) is 3.91. The van der Waals surface area contributed by atoms with Crippen molar-refractivity contribution in [2.75, 3.05) is 11.9 Å². The van der Waals surface area contributed by atoms with Gasteiger partial charge < -0.3 is 15.7 Å². The quantitative estimate of drug-likeness (QED) is 0.772. The Labute approximate surface area is 105 Å². The molecular formula is C12H15ClN2O2. The van der Waals surface area contributed by atoms with Crippen LogP contribution in [-0.4, -0.2) is 23.8 Å². The molecule has 2 rings (SSSR count). The van der Waals surface area contributed by atoms with E-state index in [1.165, 1.54) is 0 Å². The summed E-state index contributed by atoms with van der Waals surface area (Å²) >= 11 is 5.73. The third-order valence-corrected chi connectivity index (χ3v) is 2.99. The number of aliphatic hydroxyl groups is 1. The van der Waals surface area contributed by atoms with E-state index in [2.05, 4.69) is 10.6 Å². The Morgan fingerprint density at radius 1 is 1.41 bits per heavy atom. The number of hydrogen-bond donors (Lipinski definition) is 3. The van der Waals surface area contributed by atoms with Crippen LogP contribution >= 0.6 is 11.6 Å².